The molecule has 112 valence electrons. The van der Waals surface area contributed by atoms with Crippen molar-refractivity contribution in [2.24, 2.45) is 0 Å². The number of sulfonamides is 1. The first-order valence-electron chi connectivity index (χ1n) is 5.65. The molecule has 0 saturated carbocycles. The van der Waals surface area contributed by atoms with E-state index in [1.807, 2.05) is 0 Å². The number of rotatable bonds is 4. The van der Waals surface area contributed by atoms with Gasteiger partial charge in [0.05, 0.1) is 17.8 Å². The van der Waals surface area contributed by atoms with Crippen LogP contribution in [0.15, 0.2) is 45.8 Å². The summed E-state index contributed by atoms with van der Waals surface area (Å²) < 4.78 is 33.0. The van der Waals surface area contributed by atoms with E-state index >= 15 is 0 Å². The first-order chi connectivity index (χ1) is 9.83. The molecule has 0 aromatic heterocycles. The zero-order valence-corrected chi connectivity index (χ0v) is 14.6. The van der Waals surface area contributed by atoms with E-state index in [9.17, 15) is 8.42 Å². The van der Waals surface area contributed by atoms with Gasteiger partial charge in [-0.15, -0.1) is 0 Å². The maximum atomic E-state index is 12.5. The minimum Gasteiger partial charge on any atom is -0.495 e. The van der Waals surface area contributed by atoms with Crippen LogP contribution < -0.4 is 9.46 Å². The average molecular weight is 411 g/mol. The number of hydrogen-bond acceptors (Lipinski definition) is 3. The van der Waals surface area contributed by atoms with Gasteiger partial charge in [-0.25, -0.2) is 8.42 Å². The number of halogens is 3. The third kappa shape index (κ3) is 3.83. The maximum absolute atomic E-state index is 12.5. The van der Waals surface area contributed by atoms with Crippen molar-refractivity contribution in [3.05, 3.63) is 50.9 Å². The Balaban J connectivity index is 2.45. The number of benzene rings is 2. The van der Waals surface area contributed by atoms with Crippen LogP contribution in [-0.2, 0) is 10.0 Å². The van der Waals surface area contributed by atoms with Gasteiger partial charge in [-0.1, -0.05) is 39.1 Å². The number of anilines is 1. The molecule has 4 nitrogen and oxygen atoms in total. The van der Waals surface area contributed by atoms with E-state index in [4.69, 9.17) is 27.9 Å². The monoisotopic (exact) mass is 409 g/mol. The number of methoxy groups -OCH3 is 1. The van der Waals surface area contributed by atoms with E-state index in [0.717, 1.165) is 0 Å². The predicted octanol–water partition coefficient (Wildman–Crippen LogP) is 4.57. The standard InChI is InChI=1S/C13H10BrCl2NO3S/c1-20-12-5-2-8(14)6-13(12)21(18,19)17-11-4-3-9(15)7-10(11)16/h2-7,17H,1H3. The Kier molecular flexibility index (Phi) is 5.03. The van der Waals surface area contributed by atoms with Crippen molar-refractivity contribution >= 4 is 54.8 Å². The highest BCUT2D eigenvalue weighted by molar-refractivity contribution is 9.10. The van der Waals surface area contributed by atoms with Crippen molar-refractivity contribution in [2.75, 3.05) is 11.8 Å². The van der Waals surface area contributed by atoms with Crippen molar-refractivity contribution < 1.29 is 13.2 Å². The topological polar surface area (TPSA) is 55.4 Å². The third-order valence-electron chi connectivity index (χ3n) is 2.59. The quantitative estimate of drug-likeness (QED) is 0.803. The summed E-state index contributed by atoms with van der Waals surface area (Å²) in [6, 6.07) is 9.19. The Labute approximate surface area is 141 Å². The van der Waals surface area contributed by atoms with E-state index in [1.165, 1.54) is 25.3 Å². The molecule has 0 unspecified atom stereocenters. The zero-order valence-electron chi connectivity index (χ0n) is 10.7. The molecule has 21 heavy (non-hydrogen) atoms. The van der Waals surface area contributed by atoms with Crippen molar-refractivity contribution in [1.82, 2.24) is 0 Å². The molecule has 1 N–H and O–H groups in total. The summed E-state index contributed by atoms with van der Waals surface area (Å²) in [6.07, 6.45) is 0. The predicted molar refractivity (Wildman–Crippen MR) is 88.0 cm³/mol. The lowest BCUT2D eigenvalue weighted by molar-refractivity contribution is 0.403. The summed E-state index contributed by atoms with van der Waals surface area (Å²) in [6.45, 7) is 0. The van der Waals surface area contributed by atoms with Gasteiger partial charge in [0.25, 0.3) is 10.0 Å². The molecular weight excluding hydrogens is 401 g/mol. The van der Waals surface area contributed by atoms with Gasteiger partial charge in [-0.2, -0.15) is 0 Å². The third-order valence-corrected chi connectivity index (χ3v) is 5.02. The normalized spacial score (nSPS) is 11.2. The minimum atomic E-state index is -3.85. The Morgan fingerprint density at radius 1 is 1.14 bits per heavy atom. The van der Waals surface area contributed by atoms with Gasteiger partial charge >= 0.3 is 0 Å². The van der Waals surface area contributed by atoms with E-state index < -0.39 is 10.0 Å². The van der Waals surface area contributed by atoms with Crippen LogP contribution in [0, 0.1) is 0 Å². The van der Waals surface area contributed by atoms with Gasteiger partial charge in [-0.05, 0) is 36.4 Å². The molecule has 0 aliphatic rings. The van der Waals surface area contributed by atoms with Crippen LogP contribution in [0.1, 0.15) is 0 Å². The summed E-state index contributed by atoms with van der Waals surface area (Å²) in [5, 5.41) is 0.628. The molecule has 2 rings (SSSR count). The fourth-order valence-electron chi connectivity index (χ4n) is 1.63. The Hall–Kier alpha value is -0.950. The molecule has 0 heterocycles. The van der Waals surface area contributed by atoms with Crippen molar-refractivity contribution in [2.45, 2.75) is 4.90 Å². The van der Waals surface area contributed by atoms with Gasteiger partial charge in [0, 0.05) is 9.50 Å². The molecule has 2 aromatic carbocycles. The number of nitrogens with one attached hydrogen (secondary N) is 1. The fourth-order valence-corrected chi connectivity index (χ4v) is 3.93. The first kappa shape index (κ1) is 16.4. The largest absolute Gasteiger partial charge is 0.495 e. The molecule has 0 aliphatic carbocycles. The van der Waals surface area contributed by atoms with Gasteiger partial charge in [0.1, 0.15) is 10.6 Å². The summed E-state index contributed by atoms with van der Waals surface area (Å²) in [5.41, 5.74) is 0.239. The molecule has 0 fully saturated rings. The van der Waals surface area contributed by atoms with E-state index in [-0.39, 0.29) is 21.4 Å². The highest BCUT2D eigenvalue weighted by Gasteiger charge is 2.21. The van der Waals surface area contributed by atoms with Crippen LogP contribution in [0.4, 0.5) is 5.69 Å². The van der Waals surface area contributed by atoms with Crippen LogP contribution in [0.25, 0.3) is 0 Å². The van der Waals surface area contributed by atoms with Crippen LogP contribution in [0.3, 0.4) is 0 Å². The van der Waals surface area contributed by atoms with Crippen molar-refractivity contribution in [3.8, 4) is 5.75 Å². The SMILES string of the molecule is COc1ccc(Br)cc1S(=O)(=O)Nc1ccc(Cl)cc1Cl. The molecule has 0 aliphatic heterocycles. The molecule has 0 atom stereocenters. The Bertz CT molecular complexity index is 781. The van der Waals surface area contributed by atoms with E-state index in [0.29, 0.717) is 9.50 Å². The fraction of sp³-hybridized carbons (Fsp3) is 0.0769. The highest BCUT2D eigenvalue weighted by Crippen LogP contribution is 2.31. The Morgan fingerprint density at radius 2 is 1.86 bits per heavy atom. The molecule has 0 saturated heterocycles. The van der Waals surface area contributed by atoms with Crippen LogP contribution >= 0.6 is 39.1 Å². The molecule has 0 bridgehead atoms. The molecule has 0 amide bonds. The second-order valence-corrected chi connectivity index (χ2v) is 7.43. The molecule has 0 radical (unpaired) electrons. The summed E-state index contributed by atoms with van der Waals surface area (Å²) in [5.74, 6) is 0.232. The second-order valence-electron chi connectivity index (χ2n) is 4.02. The minimum absolute atomic E-state index is 0.00499. The zero-order chi connectivity index (χ0) is 15.6. The smallest absolute Gasteiger partial charge is 0.265 e. The van der Waals surface area contributed by atoms with Crippen LogP contribution in [-0.4, -0.2) is 15.5 Å². The van der Waals surface area contributed by atoms with Gasteiger partial charge in [0.2, 0.25) is 0 Å². The number of hydrogen-bond donors (Lipinski definition) is 1. The van der Waals surface area contributed by atoms with E-state index in [2.05, 4.69) is 20.7 Å². The van der Waals surface area contributed by atoms with Gasteiger partial charge in [0.15, 0.2) is 0 Å². The summed E-state index contributed by atoms with van der Waals surface area (Å²) >= 11 is 15.0. The number of ether oxygens (including phenoxy) is 1. The highest BCUT2D eigenvalue weighted by atomic mass is 79.9. The lowest BCUT2D eigenvalue weighted by Crippen LogP contribution is -2.14. The average Bonchev–Trinajstić information content (AvgIpc) is 2.42. The lowest BCUT2D eigenvalue weighted by Gasteiger charge is -2.13. The van der Waals surface area contributed by atoms with Crippen LogP contribution in [0.2, 0.25) is 10.0 Å². The van der Waals surface area contributed by atoms with E-state index in [1.54, 1.807) is 18.2 Å². The second kappa shape index (κ2) is 6.44. The lowest BCUT2D eigenvalue weighted by atomic mass is 10.3. The molecule has 2 aromatic rings. The van der Waals surface area contributed by atoms with Crippen molar-refractivity contribution in [3.63, 3.8) is 0 Å². The molecule has 8 heteroatoms. The molecule has 0 spiro atoms. The maximum Gasteiger partial charge on any atom is 0.265 e. The van der Waals surface area contributed by atoms with Gasteiger partial charge < -0.3 is 4.74 Å². The van der Waals surface area contributed by atoms with Gasteiger partial charge in [-0.3, -0.25) is 4.72 Å². The molecular formula is C13H10BrCl2NO3S. The van der Waals surface area contributed by atoms with Crippen molar-refractivity contribution in [1.29, 1.82) is 0 Å². The Morgan fingerprint density at radius 3 is 2.48 bits per heavy atom. The first-order valence-corrected chi connectivity index (χ1v) is 8.68. The summed E-state index contributed by atoms with van der Waals surface area (Å²) in [7, 11) is -2.45. The summed E-state index contributed by atoms with van der Waals surface area (Å²) in [4.78, 5) is 0.00499. The van der Waals surface area contributed by atoms with Crippen LogP contribution in [0.5, 0.6) is 5.75 Å².